The predicted molar refractivity (Wildman–Crippen MR) is 66.1 cm³/mol. The van der Waals surface area contributed by atoms with E-state index >= 15 is 0 Å². The number of para-hydroxylation sites is 1. The summed E-state index contributed by atoms with van der Waals surface area (Å²) in [6.45, 7) is 0. The number of carbonyl (C=O) groups excluding carboxylic acids is 3. The molecule has 0 saturated carbocycles. The Morgan fingerprint density at radius 1 is 1.06 bits per heavy atom. The first-order chi connectivity index (χ1) is 8.05. The van der Waals surface area contributed by atoms with Crippen molar-refractivity contribution in [2.75, 3.05) is 5.32 Å². The minimum absolute atomic E-state index is 0.484. The highest BCUT2D eigenvalue weighted by molar-refractivity contribution is 14.1. The minimum atomic E-state index is -1.60. The minimum Gasteiger partial charge on any atom is -0.322 e. The molecule has 4 amide bonds. The number of hydrogen-bond donors (Lipinski definition) is 3. The topological polar surface area (TPSA) is 87.3 Å². The van der Waals surface area contributed by atoms with Crippen molar-refractivity contribution in [1.29, 1.82) is 0 Å². The number of carbonyl (C=O) groups is 3. The fourth-order valence-electron chi connectivity index (χ4n) is 2.10. The largest absolute Gasteiger partial charge is 0.323 e. The Hall–Kier alpha value is -1.64. The second-order valence-electron chi connectivity index (χ2n) is 3.77. The number of rotatable bonds is 0. The molecule has 1 aromatic rings. The van der Waals surface area contributed by atoms with Gasteiger partial charge < -0.3 is 10.6 Å². The Bertz CT molecular complexity index is 586. The van der Waals surface area contributed by atoms with Crippen LogP contribution in [-0.4, -0.2) is 17.8 Å². The van der Waals surface area contributed by atoms with E-state index in [0.717, 1.165) is 3.57 Å². The fraction of sp³-hybridized carbons (Fsp3) is 0.100. The molecule has 86 valence electrons. The van der Waals surface area contributed by atoms with Crippen LogP contribution in [0.2, 0.25) is 0 Å². The highest BCUT2D eigenvalue weighted by Gasteiger charge is 2.58. The van der Waals surface area contributed by atoms with Gasteiger partial charge in [-0.05, 0) is 28.7 Å². The van der Waals surface area contributed by atoms with Crippen LogP contribution in [0, 0.1) is 3.57 Å². The van der Waals surface area contributed by atoms with E-state index in [-0.39, 0.29) is 0 Å². The van der Waals surface area contributed by atoms with Crippen LogP contribution in [0.5, 0.6) is 0 Å². The lowest BCUT2D eigenvalue weighted by atomic mass is 9.92. The number of halogens is 1. The van der Waals surface area contributed by atoms with E-state index in [1.807, 2.05) is 6.07 Å². The second kappa shape index (κ2) is 3.19. The van der Waals surface area contributed by atoms with Gasteiger partial charge in [0.05, 0.1) is 5.69 Å². The standard InChI is InChI=1S/C10H6IN3O3/c11-5-3-1-2-4-6(5)12-7(15)10(4)8(16)13-9(17)14-10/h1-3H,(H,12,15)(H2,13,14,16,17). The molecule has 1 spiro atoms. The molecule has 3 N–H and O–H groups in total. The third-order valence-electron chi connectivity index (χ3n) is 2.87. The summed E-state index contributed by atoms with van der Waals surface area (Å²) in [7, 11) is 0. The van der Waals surface area contributed by atoms with Gasteiger partial charge in [-0.2, -0.15) is 0 Å². The van der Waals surface area contributed by atoms with Crippen molar-refractivity contribution in [2.45, 2.75) is 5.54 Å². The zero-order chi connectivity index (χ0) is 12.2. The van der Waals surface area contributed by atoms with Gasteiger partial charge in [0.1, 0.15) is 0 Å². The first-order valence-electron chi connectivity index (χ1n) is 4.80. The Kier molecular flexibility index (Phi) is 1.97. The molecule has 2 heterocycles. The van der Waals surface area contributed by atoms with Crippen LogP contribution in [0.3, 0.4) is 0 Å². The molecule has 0 aliphatic carbocycles. The van der Waals surface area contributed by atoms with E-state index in [1.165, 1.54) is 0 Å². The molecule has 1 saturated heterocycles. The molecule has 1 atom stereocenters. The van der Waals surface area contributed by atoms with Gasteiger partial charge >= 0.3 is 6.03 Å². The van der Waals surface area contributed by atoms with Crippen molar-refractivity contribution < 1.29 is 14.4 Å². The van der Waals surface area contributed by atoms with Crippen molar-refractivity contribution in [1.82, 2.24) is 10.6 Å². The molecular weight excluding hydrogens is 337 g/mol. The molecule has 1 fully saturated rings. The first-order valence-corrected chi connectivity index (χ1v) is 5.87. The lowest BCUT2D eigenvalue weighted by Crippen LogP contribution is -2.49. The van der Waals surface area contributed by atoms with Crippen molar-refractivity contribution in [2.24, 2.45) is 0 Å². The van der Waals surface area contributed by atoms with Crippen LogP contribution in [0.1, 0.15) is 5.56 Å². The van der Waals surface area contributed by atoms with Gasteiger partial charge in [0, 0.05) is 9.13 Å². The Labute approximate surface area is 109 Å². The molecular formula is C10H6IN3O3. The average molecular weight is 343 g/mol. The molecule has 2 aliphatic rings. The predicted octanol–water partition coefficient (Wildman–Crippen LogP) is 0.278. The molecule has 0 aromatic heterocycles. The Balaban J connectivity index is 2.28. The number of benzene rings is 1. The maximum absolute atomic E-state index is 12.0. The van der Waals surface area contributed by atoms with E-state index in [0.29, 0.717) is 11.3 Å². The van der Waals surface area contributed by atoms with E-state index in [1.54, 1.807) is 12.1 Å². The molecule has 1 aromatic carbocycles. The van der Waals surface area contributed by atoms with Crippen molar-refractivity contribution in [3.63, 3.8) is 0 Å². The summed E-state index contributed by atoms with van der Waals surface area (Å²) >= 11 is 2.06. The van der Waals surface area contributed by atoms with Gasteiger partial charge in [-0.3, -0.25) is 14.9 Å². The summed E-state index contributed by atoms with van der Waals surface area (Å²) in [5.74, 6) is -1.17. The second-order valence-corrected chi connectivity index (χ2v) is 4.94. The summed E-state index contributed by atoms with van der Waals surface area (Å²) in [6.07, 6.45) is 0. The molecule has 6 nitrogen and oxygen atoms in total. The van der Waals surface area contributed by atoms with E-state index in [4.69, 9.17) is 0 Å². The smallest absolute Gasteiger partial charge is 0.322 e. The molecule has 7 heteroatoms. The third-order valence-corrected chi connectivity index (χ3v) is 3.76. The van der Waals surface area contributed by atoms with Crippen LogP contribution < -0.4 is 16.0 Å². The van der Waals surface area contributed by atoms with Gasteiger partial charge in [-0.1, -0.05) is 12.1 Å². The summed E-state index contributed by atoms with van der Waals surface area (Å²) in [5.41, 5.74) is -0.540. The average Bonchev–Trinajstić information content (AvgIpc) is 2.71. The normalized spacial score (nSPS) is 25.6. The Morgan fingerprint density at radius 2 is 1.76 bits per heavy atom. The molecule has 0 radical (unpaired) electrons. The van der Waals surface area contributed by atoms with Crippen LogP contribution in [-0.2, 0) is 15.1 Å². The lowest BCUT2D eigenvalue weighted by Gasteiger charge is -2.17. The quantitative estimate of drug-likeness (QED) is 0.359. The van der Waals surface area contributed by atoms with Crippen LogP contribution in [0.15, 0.2) is 18.2 Å². The third kappa shape index (κ3) is 1.17. The van der Waals surface area contributed by atoms with Gasteiger partial charge in [-0.25, -0.2) is 4.79 Å². The molecule has 2 aliphatic heterocycles. The number of imide groups is 1. The summed E-state index contributed by atoms with van der Waals surface area (Å²) in [4.78, 5) is 35.0. The molecule has 0 bridgehead atoms. The lowest BCUT2D eigenvalue weighted by molar-refractivity contribution is -0.132. The first kappa shape index (κ1) is 10.5. The van der Waals surface area contributed by atoms with Gasteiger partial charge in [0.2, 0.25) is 5.54 Å². The van der Waals surface area contributed by atoms with Crippen molar-refractivity contribution in [3.05, 3.63) is 27.3 Å². The van der Waals surface area contributed by atoms with Gasteiger partial charge in [-0.15, -0.1) is 0 Å². The zero-order valence-corrected chi connectivity index (χ0v) is 10.5. The molecule has 3 rings (SSSR count). The van der Waals surface area contributed by atoms with E-state index < -0.39 is 23.4 Å². The number of nitrogens with one attached hydrogen (secondary N) is 3. The number of amides is 4. The fourth-order valence-corrected chi connectivity index (χ4v) is 2.73. The van der Waals surface area contributed by atoms with Crippen LogP contribution in [0.25, 0.3) is 0 Å². The SMILES string of the molecule is O=C1NC(=O)C2(N1)C(=O)Nc1c(I)cccc12. The number of urea groups is 1. The summed E-state index contributed by atoms with van der Waals surface area (Å²) < 4.78 is 0.819. The van der Waals surface area contributed by atoms with Crippen LogP contribution >= 0.6 is 22.6 Å². The van der Waals surface area contributed by atoms with E-state index in [2.05, 4.69) is 38.5 Å². The highest BCUT2D eigenvalue weighted by atomic mass is 127. The molecule has 17 heavy (non-hydrogen) atoms. The molecule has 1 unspecified atom stereocenters. The monoisotopic (exact) mass is 343 g/mol. The Morgan fingerprint density at radius 3 is 2.41 bits per heavy atom. The summed E-state index contributed by atoms with van der Waals surface area (Å²) in [5, 5.41) is 7.11. The zero-order valence-electron chi connectivity index (χ0n) is 8.33. The highest BCUT2D eigenvalue weighted by Crippen LogP contribution is 2.40. The van der Waals surface area contributed by atoms with Crippen molar-refractivity contribution >= 4 is 46.1 Å². The van der Waals surface area contributed by atoms with Gasteiger partial charge in [0.15, 0.2) is 0 Å². The number of fused-ring (bicyclic) bond motifs is 2. The number of anilines is 1. The van der Waals surface area contributed by atoms with Crippen LogP contribution in [0.4, 0.5) is 10.5 Å². The maximum atomic E-state index is 12.0. The number of hydrogen-bond acceptors (Lipinski definition) is 3. The van der Waals surface area contributed by atoms with Gasteiger partial charge in [0.25, 0.3) is 11.8 Å². The summed E-state index contributed by atoms with van der Waals surface area (Å²) in [6, 6.07) is 4.55. The van der Waals surface area contributed by atoms with Crippen molar-refractivity contribution in [3.8, 4) is 0 Å². The maximum Gasteiger partial charge on any atom is 0.323 e. The van der Waals surface area contributed by atoms with E-state index in [9.17, 15) is 14.4 Å².